The summed E-state index contributed by atoms with van der Waals surface area (Å²) in [5, 5.41) is 26.8. The highest BCUT2D eigenvalue weighted by molar-refractivity contribution is 7.90. The van der Waals surface area contributed by atoms with E-state index in [4.69, 9.17) is 18.9 Å². The first-order valence-electron chi connectivity index (χ1n) is 26.7. The molecule has 77 heavy (non-hydrogen) atoms. The number of sulfonamides is 1. The Hall–Kier alpha value is -7.13. The van der Waals surface area contributed by atoms with Gasteiger partial charge in [0.25, 0.3) is 21.6 Å². The number of aromatic amines is 1. The lowest BCUT2D eigenvalue weighted by molar-refractivity contribution is -0.384. The van der Waals surface area contributed by atoms with Gasteiger partial charge in [-0.25, -0.2) is 28.1 Å². The van der Waals surface area contributed by atoms with E-state index in [0.717, 1.165) is 88.5 Å². The number of piperidine rings is 1. The van der Waals surface area contributed by atoms with Crippen molar-refractivity contribution in [1.82, 2.24) is 34.5 Å². The first kappa shape index (κ1) is 51.9. The Morgan fingerprint density at radius 1 is 0.961 bits per heavy atom. The number of hydrogen-bond acceptors (Lipinski definition) is 16. The van der Waals surface area contributed by atoms with Crippen LogP contribution >= 0.6 is 0 Å². The third-order valence-electron chi connectivity index (χ3n) is 16.7. The van der Waals surface area contributed by atoms with Crippen LogP contribution in [0, 0.1) is 21.4 Å². The van der Waals surface area contributed by atoms with E-state index < -0.39 is 37.0 Å². The van der Waals surface area contributed by atoms with Gasteiger partial charge >= 0.3 is 0 Å². The number of anilines is 2. The van der Waals surface area contributed by atoms with Crippen LogP contribution in [0.25, 0.3) is 22.1 Å². The molecule has 4 N–H and O–H groups in total. The fraction of sp³-hybridized carbons (Fsp3) is 0.439. The molecule has 4 aliphatic rings. The number of pyridine rings is 2. The van der Waals surface area contributed by atoms with Crippen molar-refractivity contribution < 1.29 is 37.1 Å². The number of methoxy groups -OCH3 is 1. The number of nitro benzene ring substituents is 1. The smallest absolute Gasteiger partial charge is 0.297 e. The minimum atomic E-state index is -4.83. The predicted octanol–water partition coefficient (Wildman–Crippen LogP) is 9.71. The molecule has 7 aromatic rings. The molecule has 3 aromatic carbocycles. The number of nitrogens with zero attached hydrogens (tertiary/aromatic N) is 7. The van der Waals surface area contributed by atoms with Gasteiger partial charge in [-0.05, 0) is 116 Å². The van der Waals surface area contributed by atoms with Crippen molar-refractivity contribution in [1.29, 1.82) is 0 Å². The van der Waals surface area contributed by atoms with Gasteiger partial charge < -0.3 is 34.2 Å². The van der Waals surface area contributed by atoms with E-state index in [9.17, 15) is 28.4 Å². The van der Waals surface area contributed by atoms with E-state index >= 15 is 0 Å². The standard InChI is InChI=1S/C57H66N10O9S/c1-36(2)43-7-5-6-8-44(43)47-34-64(33-38-9-11-41(74-4)12-10-38)23-24-66(47)40-28-57(29-40)18-21-65(22-19-57)50-27-48(76-42-25-39-15-20-58-54(39)61-31-42)45(32-59-50)55(68)63-77(72,73)49-26-46(67(70)71)51(53-52(49)62-35-75-53)60-30-37-13-16-56(3,69)17-14-37/h5-12,15,20,25-27,31-32,35-37,40,47,60,69H,13-14,16-19,21-24,28-30,33-34H2,1-4H3,(H,58,61)(H,63,68). The Bertz CT molecular complexity index is 3410. The van der Waals surface area contributed by atoms with Crippen molar-refractivity contribution in [2.24, 2.45) is 11.3 Å². The van der Waals surface area contributed by atoms with Crippen molar-refractivity contribution >= 4 is 55.3 Å². The SMILES string of the molecule is COc1ccc(CN2CCN(C3CC4(CCN(c5cc(Oc6cnc7[nH]ccc7c6)c(C(=O)NS(=O)(=O)c6cc([N+](=O)[O-])c(NCC7CCC(C)(O)CC7)c7ocnc67)cn5)CC4)C3)C(c3ccccc3C(C)C)C2)cc1. The first-order chi connectivity index (χ1) is 37.0. The Morgan fingerprint density at radius 2 is 1.73 bits per heavy atom. The Labute approximate surface area is 447 Å². The highest BCUT2D eigenvalue weighted by atomic mass is 32.2. The number of ether oxygens (including phenoxy) is 2. The minimum absolute atomic E-state index is 0.0261. The highest BCUT2D eigenvalue weighted by Crippen LogP contribution is 2.53. The van der Waals surface area contributed by atoms with Crippen LogP contribution in [0.3, 0.4) is 0 Å². The van der Waals surface area contributed by atoms with Crippen LogP contribution in [0.4, 0.5) is 17.2 Å². The molecule has 20 heteroatoms. The summed E-state index contributed by atoms with van der Waals surface area (Å²) in [7, 11) is -3.14. The molecule has 4 fully saturated rings. The average molecular weight is 1070 g/mol. The van der Waals surface area contributed by atoms with E-state index in [1.54, 1.807) is 32.4 Å². The number of aliphatic hydroxyl groups is 1. The van der Waals surface area contributed by atoms with Gasteiger partial charge in [-0.15, -0.1) is 0 Å². The van der Waals surface area contributed by atoms with E-state index in [-0.39, 0.29) is 45.5 Å². The zero-order valence-electron chi connectivity index (χ0n) is 43.9. The lowest BCUT2D eigenvalue weighted by Crippen LogP contribution is -2.60. The molecule has 2 aliphatic carbocycles. The molecule has 404 valence electrons. The number of carbonyl (C=O) groups excluding carboxylic acids is 1. The van der Waals surface area contributed by atoms with Crippen LogP contribution in [0.15, 0.2) is 107 Å². The summed E-state index contributed by atoms with van der Waals surface area (Å²) in [6, 6.07) is 24.2. The summed E-state index contributed by atoms with van der Waals surface area (Å²) < 4.78 is 48.0. The molecule has 6 heterocycles. The quantitative estimate of drug-likeness (QED) is 0.0521. The maximum absolute atomic E-state index is 14.3. The Balaban J connectivity index is 0.804. The number of nitrogens with one attached hydrogen (secondary N) is 3. The van der Waals surface area contributed by atoms with Crippen molar-refractivity contribution in [3.8, 4) is 17.2 Å². The molecule has 1 unspecified atom stereocenters. The second-order valence-corrected chi connectivity index (χ2v) is 23.9. The fourth-order valence-electron chi connectivity index (χ4n) is 12.3. The maximum atomic E-state index is 14.3. The number of oxazole rings is 1. The number of piperazine rings is 1. The molecule has 11 rings (SSSR count). The summed E-state index contributed by atoms with van der Waals surface area (Å²) in [6.07, 6.45) is 12.3. The van der Waals surface area contributed by atoms with Gasteiger partial charge in [-0.1, -0.05) is 50.2 Å². The number of nitro groups is 1. The van der Waals surface area contributed by atoms with E-state index in [0.29, 0.717) is 61.4 Å². The summed E-state index contributed by atoms with van der Waals surface area (Å²) in [5.74, 6) is 1.22. The number of amides is 1. The Morgan fingerprint density at radius 3 is 2.47 bits per heavy atom. The molecular weight excluding hydrogens is 1000 g/mol. The number of hydrogen-bond donors (Lipinski definition) is 4. The zero-order chi connectivity index (χ0) is 53.6. The van der Waals surface area contributed by atoms with E-state index in [1.807, 2.05) is 18.2 Å². The van der Waals surface area contributed by atoms with E-state index in [1.165, 1.54) is 29.1 Å². The van der Waals surface area contributed by atoms with Gasteiger partial charge in [-0.3, -0.25) is 24.7 Å². The molecule has 1 amide bonds. The van der Waals surface area contributed by atoms with Gasteiger partial charge in [0, 0.05) is 87.8 Å². The molecule has 2 saturated carbocycles. The first-order valence-corrected chi connectivity index (χ1v) is 28.2. The maximum Gasteiger partial charge on any atom is 0.297 e. The second-order valence-electron chi connectivity index (χ2n) is 22.2. The number of carbonyl (C=O) groups is 1. The van der Waals surface area contributed by atoms with Crippen LogP contribution in [-0.4, -0.2) is 112 Å². The average Bonchev–Trinajstić information content (AvgIpc) is 4.19. The molecule has 0 radical (unpaired) electrons. The van der Waals surface area contributed by atoms with Crippen LogP contribution in [0.5, 0.6) is 17.2 Å². The summed E-state index contributed by atoms with van der Waals surface area (Å²) in [5.41, 5.74) is 3.04. The number of aromatic nitrogens is 4. The number of fused-ring (bicyclic) bond motifs is 2. The van der Waals surface area contributed by atoms with Crippen molar-refractivity contribution in [2.75, 3.05) is 56.6 Å². The molecular formula is C57H66N10O9S. The topological polar surface area (TPSA) is 234 Å². The highest BCUT2D eigenvalue weighted by Gasteiger charge is 2.50. The van der Waals surface area contributed by atoms with Crippen LogP contribution in [0.1, 0.15) is 111 Å². The second kappa shape index (κ2) is 21.0. The van der Waals surface area contributed by atoms with Gasteiger partial charge in [0.1, 0.15) is 44.7 Å². The molecule has 2 saturated heterocycles. The fourth-order valence-corrected chi connectivity index (χ4v) is 13.4. The van der Waals surface area contributed by atoms with Gasteiger partial charge in [0.2, 0.25) is 0 Å². The van der Waals surface area contributed by atoms with E-state index in [2.05, 4.69) is 89.9 Å². The number of H-pyrrole nitrogens is 1. The zero-order valence-corrected chi connectivity index (χ0v) is 44.7. The van der Waals surface area contributed by atoms with Crippen molar-refractivity contribution in [2.45, 2.75) is 107 Å². The lowest BCUT2D eigenvalue weighted by atomic mass is 9.59. The number of benzene rings is 3. The van der Waals surface area contributed by atoms with Crippen molar-refractivity contribution in [3.05, 3.63) is 130 Å². The number of rotatable bonds is 16. The largest absolute Gasteiger partial charge is 0.497 e. The normalized spacial score (nSPS) is 21.4. The van der Waals surface area contributed by atoms with Crippen LogP contribution < -0.4 is 24.4 Å². The monoisotopic (exact) mass is 1070 g/mol. The third-order valence-corrected chi connectivity index (χ3v) is 18.1. The third kappa shape index (κ3) is 10.8. The minimum Gasteiger partial charge on any atom is -0.497 e. The van der Waals surface area contributed by atoms with Crippen molar-refractivity contribution in [3.63, 3.8) is 0 Å². The molecule has 1 spiro atoms. The molecule has 19 nitrogen and oxygen atoms in total. The predicted molar refractivity (Wildman–Crippen MR) is 292 cm³/mol. The lowest BCUT2D eigenvalue weighted by Gasteiger charge is -2.58. The Kier molecular flexibility index (Phi) is 14.2. The molecule has 1 atom stereocenters. The van der Waals surface area contributed by atoms with Crippen LogP contribution in [-0.2, 0) is 16.6 Å². The summed E-state index contributed by atoms with van der Waals surface area (Å²) in [4.78, 5) is 49.5. The molecule has 0 bridgehead atoms. The van der Waals surface area contributed by atoms with Crippen LogP contribution in [0.2, 0.25) is 0 Å². The summed E-state index contributed by atoms with van der Waals surface area (Å²) >= 11 is 0. The molecule has 2 aliphatic heterocycles. The van der Waals surface area contributed by atoms with Gasteiger partial charge in [0.15, 0.2) is 17.7 Å². The molecule has 4 aromatic heterocycles. The van der Waals surface area contributed by atoms with Gasteiger partial charge in [-0.2, -0.15) is 0 Å². The van der Waals surface area contributed by atoms with Gasteiger partial charge in [0.05, 0.1) is 23.8 Å². The summed E-state index contributed by atoms with van der Waals surface area (Å²) in [6.45, 7) is 11.9.